The van der Waals surface area contributed by atoms with Crippen molar-refractivity contribution in [3.63, 3.8) is 0 Å². The van der Waals surface area contributed by atoms with Gasteiger partial charge in [0.15, 0.2) is 23.3 Å². The molecule has 1 N–H and O–H groups in total. The van der Waals surface area contributed by atoms with E-state index in [4.69, 9.17) is 5.11 Å². The predicted molar refractivity (Wildman–Crippen MR) is 56.8 cm³/mol. The Balaban J connectivity index is 4.30. The second-order valence-electron chi connectivity index (χ2n) is 4.47. The fraction of sp³-hybridized carbons (Fsp3) is 0.250. The van der Waals surface area contributed by atoms with E-state index in [1.807, 2.05) is 6.58 Å². The van der Waals surface area contributed by atoms with E-state index in [2.05, 4.69) is 0 Å². The zero-order chi connectivity index (χ0) is 20.1. The minimum absolute atomic E-state index is 1.99. The van der Waals surface area contributed by atoms with Gasteiger partial charge in [0.1, 0.15) is 0 Å². The number of hydrogen-bond donors (Lipinski definition) is 1. The van der Waals surface area contributed by atoms with Crippen LogP contribution in [0.3, 0.4) is 0 Å². The standard InChI is InChI=1S/C12H3F11O2/c1-2(9(24)25)10(11(18,19)20,12(21,22)23)3-4(13)6(15)8(17)7(16)5(3)14/h1H2,(H,24,25). The zero-order valence-electron chi connectivity index (χ0n) is 11.2. The molecule has 25 heavy (non-hydrogen) atoms. The van der Waals surface area contributed by atoms with Gasteiger partial charge >= 0.3 is 18.3 Å². The van der Waals surface area contributed by atoms with Gasteiger partial charge in [-0.1, -0.05) is 6.58 Å². The van der Waals surface area contributed by atoms with Crippen LogP contribution in [-0.4, -0.2) is 23.4 Å². The van der Waals surface area contributed by atoms with Crippen molar-refractivity contribution in [2.24, 2.45) is 0 Å². The molecule has 0 atom stereocenters. The minimum Gasteiger partial charge on any atom is -0.478 e. The van der Waals surface area contributed by atoms with Gasteiger partial charge in [0.25, 0.3) is 0 Å². The molecule has 0 saturated heterocycles. The molecule has 0 spiro atoms. The number of alkyl halides is 6. The van der Waals surface area contributed by atoms with Crippen molar-refractivity contribution < 1.29 is 58.2 Å². The number of carboxylic acid groups (broad SMARTS) is 1. The van der Waals surface area contributed by atoms with Crippen molar-refractivity contribution >= 4 is 5.97 Å². The van der Waals surface area contributed by atoms with E-state index in [1.54, 1.807) is 0 Å². The molecular weight excluding hydrogens is 385 g/mol. The Morgan fingerprint density at radius 2 is 1.00 bits per heavy atom. The summed E-state index contributed by atoms with van der Waals surface area (Å²) in [5.74, 6) is -19.3. The second-order valence-corrected chi connectivity index (χ2v) is 4.47. The summed E-state index contributed by atoms with van der Waals surface area (Å²) in [5, 5.41) is 8.47. The van der Waals surface area contributed by atoms with Crippen molar-refractivity contribution in [1.82, 2.24) is 0 Å². The highest BCUT2D eigenvalue weighted by atomic mass is 19.4. The van der Waals surface area contributed by atoms with E-state index in [9.17, 15) is 53.1 Å². The van der Waals surface area contributed by atoms with E-state index < -0.39 is 64.0 Å². The smallest absolute Gasteiger partial charge is 0.411 e. The molecule has 2 nitrogen and oxygen atoms in total. The molecule has 0 saturated carbocycles. The molecule has 0 fully saturated rings. The summed E-state index contributed by atoms with van der Waals surface area (Å²) in [5.41, 5.74) is -12.4. The molecule has 0 aliphatic carbocycles. The number of aliphatic carboxylic acids is 1. The van der Waals surface area contributed by atoms with Gasteiger partial charge in [-0.15, -0.1) is 0 Å². The van der Waals surface area contributed by atoms with Crippen LogP contribution in [0.4, 0.5) is 48.3 Å². The Morgan fingerprint density at radius 3 is 1.24 bits per heavy atom. The number of rotatable bonds is 3. The topological polar surface area (TPSA) is 37.3 Å². The van der Waals surface area contributed by atoms with Crippen LogP contribution in [0.5, 0.6) is 0 Å². The first-order chi connectivity index (χ1) is 11.0. The van der Waals surface area contributed by atoms with Gasteiger partial charge in [-0.05, 0) is 0 Å². The largest absolute Gasteiger partial charge is 0.478 e. The van der Waals surface area contributed by atoms with Gasteiger partial charge in [0.2, 0.25) is 11.2 Å². The number of carbonyl (C=O) groups is 1. The highest BCUT2D eigenvalue weighted by molar-refractivity contribution is 5.90. The molecule has 1 aromatic rings. The Kier molecular flexibility index (Phi) is 4.87. The van der Waals surface area contributed by atoms with Crippen molar-refractivity contribution in [3.8, 4) is 0 Å². The molecule has 1 rings (SSSR count). The van der Waals surface area contributed by atoms with Crippen molar-refractivity contribution in [2.75, 3.05) is 0 Å². The lowest BCUT2D eigenvalue weighted by Gasteiger charge is -2.38. The first-order valence-electron chi connectivity index (χ1n) is 5.61. The van der Waals surface area contributed by atoms with Gasteiger partial charge in [-0.3, -0.25) is 0 Å². The van der Waals surface area contributed by atoms with E-state index in [0.717, 1.165) is 0 Å². The highest BCUT2D eigenvalue weighted by Gasteiger charge is 2.76. The van der Waals surface area contributed by atoms with Crippen LogP contribution >= 0.6 is 0 Å². The molecule has 0 unspecified atom stereocenters. The normalized spacial score (nSPS) is 13.1. The summed E-state index contributed by atoms with van der Waals surface area (Å²) in [4.78, 5) is 10.7. The molecule has 0 bridgehead atoms. The number of carboxylic acids is 1. The maximum absolute atomic E-state index is 13.6. The number of halogens is 11. The third-order valence-electron chi connectivity index (χ3n) is 3.15. The van der Waals surface area contributed by atoms with E-state index in [0.29, 0.717) is 0 Å². The van der Waals surface area contributed by atoms with Crippen molar-refractivity contribution in [1.29, 1.82) is 0 Å². The fourth-order valence-corrected chi connectivity index (χ4v) is 2.03. The van der Waals surface area contributed by atoms with Crippen LogP contribution in [0.1, 0.15) is 5.56 Å². The van der Waals surface area contributed by atoms with Gasteiger partial charge < -0.3 is 5.11 Å². The third kappa shape index (κ3) is 2.70. The minimum atomic E-state index is -6.88. The van der Waals surface area contributed by atoms with E-state index in [-0.39, 0.29) is 0 Å². The van der Waals surface area contributed by atoms with Crippen molar-refractivity contribution in [3.05, 3.63) is 46.8 Å². The average molecular weight is 388 g/mol. The molecule has 140 valence electrons. The molecule has 0 heterocycles. The summed E-state index contributed by atoms with van der Waals surface area (Å²) in [6.45, 7) is 1.99. The quantitative estimate of drug-likeness (QED) is 0.361. The maximum atomic E-state index is 13.6. The molecule has 0 amide bonds. The van der Waals surface area contributed by atoms with Crippen LogP contribution in [0, 0.1) is 29.1 Å². The highest BCUT2D eigenvalue weighted by Crippen LogP contribution is 2.57. The summed E-state index contributed by atoms with van der Waals surface area (Å²) in [6.07, 6.45) is -13.8. The summed E-state index contributed by atoms with van der Waals surface area (Å²) in [6, 6.07) is 0. The summed E-state index contributed by atoms with van der Waals surface area (Å²) >= 11 is 0. The zero-order valence-corrected chi connectivity index (χ0v) is 11.2. The van der Waals surface area contributed by atoms with Gasteiger partial charge in [0.05, 0.1) is 11.1 Å². The molecule has 0 aliphatic heterocycles. The molecule has 13 heteroatoms. The van der Waals surface area contributed by atoms with Crippen LogP contribution in [0.2, 0.25) is 0 Å². The average Bonchev–Trinajstić information content (AvgIpc) is 2.44. The second kappa shape index (κ2) is 5.88. The number of hydrogen-bond acceptors (Lipinski definition) is 1. The number of benzene rings is 1. The lowest BCUT2D eigenvalue weighted by molar-refractivity contribution is -0.291. The van der Waals surface area contributed by atoms with Gasteiger partial charge in [0, 0.05) is 0 Å². The van der Waals surface area contributed by atoms with Crippen LogP contribution in [-0.2, 0) is 10.2 Å². The first-order valence-corrected chi connectivity index (χ1v) is 5.61. The van der Waals surface area contributed by atoms with Crippen LogP contribution < -0.4 is 0 Å². The lowest BCUT2D eigenvalue weighted by atomic mass is 9.72. The SMILES string of the molecule is C=C(C(=O)O)C(c1c(F)c(F)c(F)c(F)c1F)(C(F)(F)F)C(F)(F)F. The Labute approximate surface area is 130 Å². The molecule has 1 aromatic carbocycles. The Morgan fingerprint density at radius 1 is 0.720 bits per heavy atom. The maximum Gasteiger partial charge on any atom is 0.411 e. The monoisotopic (exact) mass is 388 g/mol. The van der Waals surface area contributed by atoms with Crippen LogP contribution in [0.15, 0.2) is 12.2 Å². The Hall–Kier alpha value is -2.34. The van der Waals surface area contributed by atoms with Crippen molar-refractivity contribution in [2.45, 2.75) is 17.8 Å². The summed E-state index contributed by atoms with van der Waals surface area (Å²) < 4.78 is 145. The van der Waals surface area contributed by atoms with Crippen LogP contribution in [0.25, 0.3) is 0 Å². The van der Waals surface area contributed by atoms with Gasteiger partial charge in [-0.2, -0.15) is 26.3 Å². The molecule has 0 radical (unpaired) electrons. The Bertz CT molecular complexity index is 702. The fourth-order valence-electron chi connectivity index (χ4n) is 2.03. The first kappa shape index (κ1) is 20.7. The summed E-state index contributed by atoms with van der Waals surface area (Å²) in [7, 11) is 0. The lowest BCUT2D eigenvalue weighted by Crippen LogP contribution is -2.57. The van der Waals surface area contributed by atoms with E-state index >= 15 is 0 Å². The molecule has 0 aliphatic rings. The van der Waals surface area contributed by atoms with Gasteiger partial charge in [-0.25, -0.2) is 26.7 Å². The third-order valence-corrected chi connectivity index (χ3v) is 3.15. The predicted octanol–water partition coefficient (Wildman–Crippen LogP) is 4.39. The molecule has 0 aromatic heterocycles. The van der Waals surface area contributed by atoms with E-state index in [1.165, 1.54) is 0 Å². The molecular formula is C12H3F11O2.